The molecule has 92 valence electrons. The van der Waals surface area contributed by atoms with E-state index in [1.807, 2.05) is 54.6 Å². The lowest BCUT2D eigenvalue weighted by atomic mass is 10.2. The molecule has 0 spiro atoms. The average Bonchev–Trinajstić information content (AvgIpc) is 2.47. The highest BCUT2D eigenvalue weighted by atomic mass is 31.2. The molecule has 0 aromatic heterocycles. The fourth-order valence-electron chi connectivity index (χ4n) is 1.79. The molecule has 1 atom stereocenters. The van der Waals surface area contributed by atoms with Crippen molar-refractivity contribution in [2.45, 2.75) is 0 Å². The van der Waals surface area contributed by atoms with Crippen molar-refractivity contribution >= 4 is 24.1 Å². The summed E-state index contributed by atoms with van der Waals surface area (Å²) in [6.45, 7) is 3.70. The Bertz CT molecular complexity index is 573. The molecule has 0 aliphatic heterocycles. The fourth-order valence-corrected chi connectivity index (χ4v) is 3.62. The molecule has 2 aromatic rings. The Hall–Kier alpha value is -1.63. The first-order valence-corrected chi connectivity index (χ1v) is 7.27. The molecular formula is C15H15O2P. The van der Waals surface area contributed by atoms with Crippen LogP contribution in [0, 0.1) is 0 Å². The van der Waals surface area contributed by atoms with Gasteiger partial charge in [0.15, 0.2) is 0 Å². The van der Waals surface area contributed by atoms with E-state index in [1.165, 1.54) is 7.11 Å². The summed E-state index contributed by atoms with van der Waals surface area (Å²) in [7, 11) is -1.49. The van der Waals surface area contributed by atoms with Crippen LogP contribution >= 0.6 is 7.37 Å². The molecule has 2 nitrogen and oxygen atoms in total. The maximum atomic E-state index is 12.9. The van der Waals surface area contributed by atoms with E-state index >= 15 is 0 Å². The molecule has 0 radical (unpaired) electrons. The normalized spacial score (nSPS) is 13.8. The summed E-state index contributed by atoms with van der Waals surface area (Å²) in [5.74, 6) is 0. The van der Waals surface area contributed by atoms with Crippen molar-refractivity contribution in [2.75, 3.05) is 7.11 Å². The topological polar surface area (TPSA) is 26.3 Å². The van der Waals surface area contributed by atoms with Crippen LogP contribution in [0.5, 0.6) is 0 Å². The van der Waals surface area contributed by atoms with E-state index in [-0.39, 0.29) is 0 Å². The van der Waals surface area contributed by atoms with E-state index in [9.17, 15) is 4.57 Å². The highest BCUT2D eigenvalue weighted by Gasteiger charge is 2.26. The Balaban J connectivity index is 2.50. The van der Waals surface area contributed by atoms with Gasteiger partial charge in [-0.3, -0.25) is 4.57 Å². The average molecular weight is 258 g/mol. The first-order valence-electron chi connectivity index (χ1n) is 5.65. The van der Waals surface area contributed by atoms with Crippen molar-refractivity contribution in [3.8, 4) is 0 Å². The zero-order chi connectivity index (χ0) is 13.0. The Labute approximate surface area is 107 Å². The molecule has 2 aromatic carbocycles. The van der Waals surface area contributed by atoms with Crippen molar-refractivity contribution < 1.29 is 9.09 Å². The standard InChI is InChI=1S/C15H15O2P/c1-3-13-9-11-15(12-10-13)18(16,17-2)14-7-5-4-6-8-14/h3-12H,1H2,2H3. The third-order valence-electron chi connectivity index (χ3n) is 2.82. The lowest BCUT2D eigenvalue weighted by Crippen LogP contribution is -2.16. The van der Waals surface area contributed by atoms with Crippen LogP contribution < -0.4 is 10.6 Å². The van der Waals surface area contributed by atoms with Crippen molar-refractivity contribution in [2.24, 2.45) is 0 Å². The molecule has 0 aliphatic rings. The summed E-state index contributed by atoms with van der Waals surface area (Å²) >= 11 is 0. The van der Waals surface area contributed by atoms with Crippen LogP contribution in [-0.2, 0) is 9.09 Å². The summed E-state index contributed by atoms with van der Waals surface area (Å²) in [4.78, 5) is 0. The van der Waals surface area contributed by atoms with Gasteiger partial charge in [0.05, 0.1) is 0 Å². The fraction of sp³-hybridized carbons (Fsp3) is 0.0667. The highest BCUT2D eigenvalue weighted by Crippen LogP contribution is 2.43. The van der Waals surface area contributed by atoms with E-state index in [0.717, 1.165) is 5.56 Å². The van der Waals surface area contributed by atoms with Gasteiger partial charge in [-0.25, -0.2) is 0 Å². The molecule has 0 amide bonds. The molecule has 0 saturated carbocycles. The number of rotatable bonds is 4. The summed E-state index contributed by atoms with van der Waals surface area (Å²) < 4.78 is 18.2. The first kappa shape index (κ1) is 12.8. The minimum atomic E-state index is -2.97. The van der Waals surface area contributed by atoms with E-state index < -0.39 is 7.37 Å². The molecule has 2 rings (SSSR count). The van der Waals surface area contributed by atoms with Gasteiger partial charge in [-0.2, -0.15) is 0 Å². The van der Waals surface area contributed by atoms with Crippen LogP contribution in [0.3, 0.4) is 0 Å². The van der Waals surface area contributed by atoms with Gasteiger partial charge >= 0.3 is 0 Å². The maximum Gasteiger partial charge on any atom is 0.261 e. The molecule has 0 bridgehead atoms. The SMILES string of the molecule is C=Cc1ccc(P(=O)(OC)c2ccccc2)cc1. The van der Waals surface area contributed by atoms with Gasteiger partial charge in [-0.1, -0.05) is 43.0 Å². The molecule has 0 aliphatic carbocycles. The second-order valence-electron chi connectivity index (χ2n) is 3.87. The predicted molar refractivity (Wildman–Crippen MR) is 76.9 cm³/mol. The molecule has 0 saturated heterocycles. The molecule has 0 fully saturated rings. The van der Waals surface area contributed by atoms with Gasteiger partial charge in [0.1, 0.15) is 0 Å². The molecule has 1 unspecified atom stereocenters. The van der Waals surface area contributed by atoms with Crippen LogP contribution in [0.1, 0.15) is 5.56 Å². The minimum absolute atomic E-state index is 0.696. The van der Waals surface area contributed by atoms with Crippen molar-refractivity contribution in [3.05, 3.63) is 66.7 Å². The van der Waals surface area contributed by atoms with Crippen molar-refractivity contribution in [1.29, 1.82) is 0 Å². The summed E-state index contributed by atoms with van der Waals surface area (Å²) in [5.41, 5.74) is 0.995. The van der Waals surface area contributed by atoms with Gasteiger partial charge in [0.25, 0.3) is 7.37 Å². The smallest absolute Gasteiger partial charge is 0.261 e. The number of hydrogen-bond acceptors (Lipinski definition) is 2. The second kappa shape index (κ2) is 5.34. The van der Waals surface area contributed by atoms with Gasteiger partial charge in [0.2, 0.25) is 0 Å². The lowest BCUT2D eigenvalue weighted by molar-refractivity contribution is 0.412. The summed E-state index contributed by atoms with van der Waals surface area (Å²) in [6.07, 6.45) is 1.75. The molecule has 18 heavy (non-hydrogen) atoms. The Kier molecular flexibility index (Phi) is 3.81. The third-order valence-corrected chi connectivity index (χ3v) is 5.29. The van der Waals surface area contributed by atoms with Crippen molar-refractivity contribution in [1.82, 2.24) is 0 Å². The molecule has 3 heteroatoms. The van der Waals surface area contributed by atoms with E-state index in [4.69, 9.17) is 4.52 Å². The first-order chi connectivity index (χ1) is 8.70. The summed E-state index contributed by atoms with van der Waals surface area (Å²) in [6, 6.07) is 16.7. The van der Waals surface area contributed by atoms with Crippen LogP contribution in [0.25, 0.3) is 6.08 Å². The minimum Gasteiger partial charge on any atom is -0.325 e. The van der Waals surface area contributed by atoms with Gasteiger partial charge in [-0.15, -0.1) is 0 Å². The third kappa shape index (κ3) is 2.31. The highest BCUT2D eigenvalue weighted by molar-refractivity contribution is 7.74. The number of benzene rings is 2. The zero-order valence-electron chi connectivity index (χ0n) is 10.2. The lowest BCUT2D eigenvalue weighted by Gasteiger charge is -2.16. The van der Waals surface area contributed by atoms with E-state index in [2.05, 4.69) is 6.58 Å². The molecule has 0 N–H and O–H groups in total. The van der Waals surface area contributed by atoms with Crippen LogP contribution in [0.4, 0.5) is 0 Å². The second-order valence-corrected chi connectivity index (χ2v) is 6.37. The monoisotopic (exact) mass is 258 g/mol. The largest absolute Gasteiger partial charge is 0.325 e. The van der Waals surface area contributed by atoms with E-state index in [0.29, 0.717) is 10.6 Å². The van der Waals surface area contributed by atoms with Crippen LogP contribution in [0.15, 0.2) is 61.2 Å². The Morgan fingerprint density at radius 2 is 1.56 bits per heavy atom. The molecular weight excluding hydrogens is 243 g/mol. The zero-order valence-corrected chi connectivity index (χ0v) is 11.1. The maximum absolute atomic E-state index is 12.9. The quantitative estimate of drug-likeness (QED) is 0.787. The number of hydrogen-bond donors (Lipinski definition) is 0. The predicted octanol–water partition coefficient (Wildman–Crippen LogP) is 3.20. The van der Waals surface area contributed by atoms with Gasteiger partial charge in [-0.05, 0) is 29.8 Å². The van der Waals surface area contributed by atoms with Gasteiger partial charge < -0.3 is 4.52 Å². The van der Waals surface area contributed by atoms with Crippen LogP contribution in [-0.4, -0.2) is 7.11 Å². The Morgan fingerprint density at radius 1 is 1.00 bits per heavy atom. The van der Waals surface area contributed by atoms with Crippen molar-refractivity contribution in [3.63, 3.8) is 0 Å². The molecule has 0 heterocycles. The Morgan fingerprint density at radius 3 is 2.06 bits per heavy atom. The van der Waals surface area contributed by atoms with Crippen LogP contribution in [0.2, 0.25) is 0 Å². The van der Waals surface area contributed by atoms with E-state index in [1.54, 1.807) is 6.08 Å². The summed E-state index contributed by atoms with van der Waals surface area (Å²) in [5, 5.41) is 1.40. The van der Waals surface area contributed by atoms with Gasteiger partial charge in [0, 0.05) is 17.7 Å².